The number of nitrogens with two attached hydrogens (primary N) is 1. The molecule has 0 unspecified atom stereocenters. The van der Waals surface area contributed by atoms with E-state index in [1.54, 1.807) is 0 Å². The Bertz CT molecular complexity index is 202. The summed E-state index contributed by atoms with van der Waals surface area (Å²) in [7, 11) is 0. The minimum Gasteiger partial charge on any atom is -0.329 e. The second kappa shape index (κ2) is 3.41. The van der Waals surface area contributed by atoms with Crippen LogP contribution in [0, 0.1) is 11.3 Å². The number of rotatable bonds is 4. The third kappa shape index (κ3) is 1.78. The molecule has 2 fully saturated rings. The Labute approximate surface area is 79.9 Å². The molecule has 0 amide bonds. The summed E-state index contributed by atoms with van der Waals surface area (Å²) in [6.07, 6.45) is 7.86. The highest BCUT2D eigenvalue weighted by Gasteiger charge is 2.41. The van der Waals surface area contributed by atoms with Crippen molar-refractivity contribution in [1.29, 1.82) is 0 Å². The molecule has 0 spiro atoms. The Hall–Kier alpha value is -0.370. The highest BCUT2D eigenvalue weighted by Crippen LogP contribution is 2.42. The van der Waals surface area contributed by atoms with E-state index in [0.29, 0.717) is 12.3 Å². The van der Waals surface area contributed by atoms with E-state index in [2.05, 4.69) is 0 Å². The fraction of sp³-hybridized carbons (Fsp3) is 0.909. The average molecular weight is 181 g/mol. The predicted octanol–water partition coefficient (Wildman–Crippen LogP) is 1.87. The molecule has 2 saturated carbocycles. The molecule has 2 heteroatoms. The molecule has 0 atom stereocenters. The topological polar surface area (TPSA) is 43.1 Å². The molecule has 0 aromatic heterocycles. The lowest BCUT2D eigenvalue weighted by molar-refractivity contribution is -0.128. The van der Waals surface area contributed by atoms with Crippen LogP contribution in [-0.4, -0.2) is 12.3 Å². The summed E-state index contributed by atoms with van der Waals surface area (Å²) in [6, 6.07) is 0. The fourth-order valence-corrected chi connectivity index (χ4v) is 2.45. The standard InChI is InChI=1S/C11H19NO/c12-8-11(5-1-2-6-11)10(13)7-9-3-4-9/h9H,1-8,12H2. The van der Waals surface area contributed by atoms with Crippen LogP contribution in [0.2, 0.25) is 0 Å². The third-order valence-electron chi connectivity index (χ3n) is 3.71. The van der Waals surface area contributed by atoms with Crippen molar-refractivity contribution in [3.63, 3.8) is 0 Å². The molecule has 0 bridgehead atoms. The van der Waals surface area contributed by atoms with Crippen LogP contribution in [-0.2, 0) is 4.79 Å². The van der Waals surface area contributed by atoms with E-state index in [1.807, 2.05) is 0 Å². The van der Waals surface area contributed by atoms with Crippen molar-refractivity contribution in [3.8, 4) is 0 Å². The lowest BCUT2D eigenvalue weighted by atomic mass is 9.80. The number of hydrogen-bond acceptors (Lipinski definition) is 2. The predicted molar refractivity (Wildman–Crippen MR) is 52.3 cm³/mol. The van der Waals surface area contributed by atoms with Gasteiger partial charge in [-0.3, -0.25) is 4.79 Å². The maximum absolute atomic E-state index is 12.0. The first-order chi connectivity index (χ1) is 6.27. The Kier molecular flexibility index (Phi) is 2.41. The number of Topliss-reactive ketones (excluding diaryl/α,β-unsaturated/α-hetero) is 1. The van der Waals surface area contributed by atoms with E-state index < -0.39 is 0 Å². The molecule has 74 valence electrons. The van der Waals surface area contributed by atoms with Crippen molar-refractivity contribution in [2.75, 3.05) is 6.54 Å². The third-order valence-corrected chi connectivity index (χ3v) is 3.71. The molecule has 0 aromatic rings. The largest absolute Gasteiger partial charge is 0.329 e. The lowest BCUT2D eigenvalue weighted by Gasteiger charge is -2.25. The van der Waals surface area contributed by atoms with Crippen LogP contribution >= 0.6 is 0 Å². The second-order valence-corrected chi connectivity index (χ2v) is 4.76. The molecular weight excluding hydrogens is 162 g/mol. The quantitative estimate of drug-likeness (QED) is 0.719. The summed E-state index contributed by atoms with van der Waals surface area (Å²) >= 11 is 0. The minimum absolute atomic E-state index is 0.0947. The molecule has 0 aromatic carbocycles. The maximum Gasteiger partial charge on any atom is 0.140 e. The zero-order chi connectivity index (χ0) is 9.31. The van der Waals surface area contributed by atoms with E-state index in [-0.39, 0.29) is 5.41 Å². The van der Waals surface area contributed by atoms with Crippen LogP contribution in [0.3, 0.4) is 0 Å². The number of hydrogen-bond donors (Lipinski definition) is 1. The van der Waals surface area contributed by atoms with Gasteiger partial charge in [0.15, 0.2) is 0 Å². The summed E-state index contributed by atoms with van der Waals surface area (Å²) in [6.45, 7) is 0.582. The van der Waals surface area contributed by atoms with E-state index in [4.69, 9.17) is 5.73 Å². The van der Waals surface area contributed by atoms with E-state index in [9.17, 15) is 4.79 Å². The van der Waals surface area contributed by atoms with E-state index in [1.165, 1.54) is 25.7 Å². The first kappa shape index (κ1) is 9.20. The van der Waals surface area contributed by atoms with Crippen molar-refractivity contribution in [2.45, 2.75) is 44.9 Å². The molecule has 0 aliphatic heterocycles. The van der Waals surface area contributed by atoms with Gasteiger partial charge < -0.3 is 5.73 Å². The first-order valence-electron chi connectivity index (χ1n) is 5.50. The number of ketones is 1. The summed E-state index contributed by atoms with van der Waals surface area (Å²) in [5, 5.41) is 0. The van der Waals surface area contributed by atoms with E-state index >= 15 is 0 Å². The minimum atomic E-state index is -0.0947. The van der Waals surface area contributed by atoms with Crippen molar-refractivity contribution >= 4 is 5.78 Å². The van der Waals surface area contributed by atoms with Gasteiger partial charge in [0.1, 0.15) is 5.78 Å². The molecule has 2 N–H and O–H groups in total. The zero-order valence-corrected chi connectivity index (χ0v) is 8.22. The van der Waals surface area contributed by atoms with Crippen LogP contribution in [0.1, 0.15) is 44.9 Å². The molecule has 2 aliphatic rings. The molecule has 0 saturated heterocycles. The Balaban J connectivity index is 1.96. The van der Waals surface area contributed by atoms with Gasteiger partial charge in [0.25, 0.3) is 0 Å². The van der Waals surface area contributed by atoms with Gasteiger partial charge >= 0.3 is 0 Å². The monoisotopic (exact) mass is 181 g/mol. The van der Waals surface area contributed by atoms with Crippen LogP contribution in [0.25, 0.3) is 0 Å². The van der Waals surface area contributed by atoms with Gasteiger partial charge in [0, 0.05) is 18.4 Å². The molecule has 13 heavy (non-hydrogen) atoms. The normalized spacial score (nSPS) is 26.2. The van der Waals surface area contributed by atoms with Gasteiger partial charge in [-0.05, 0) is 31.6 Å². The van der Waals surface area contributed by atoms with Gasteiger partial charge in [-0.2, -0.15) is 0 Å². The fourth-order valence-electron chi connectivity index (χ4n) is 2.45. The number of carbonyl (C=O) groups is 1. The second-order valence-electron chi connectivity index (χ2n) is 4.76. The number of carbonyl (C=O) groups excluding carboxylic acids is 1. The van der Waals surface area contributed by atoms with Crippen molar-refractivity contribution in [2.24, 2.45) is 17.1 Å². The average Bonchev–Trinajstić information content (AvgIpc) is 2.83. The van der Waals surface area contributed by atoms with E-state index in [0.717, 1.165) is 25.2 Å². The summed E-state index contributed by atoms with van der Waals surface area (Å²) in [5.41, 5.74) is 5.65. The molecule has 2 nitrogen and oxygen atoms in total. The Morgan fingerprint density at radius 1 is 1.31 bits per heavy atom. The summed E-state index contributed by atoms with van der Waals surface area (Å²) < 4.78 is 0. The molecule has 2 aliphatic carbocycles. The van der Waals surface area contributed by atoms with Gasteiger partial charge in [-0.15, -0.1) is 0 Å². The van der Waals surface area contributed by atoms with Crippen molar-refractivity contribution in [1.82, 2.24) is 0 Å². The highest BCUT2D eigenvalue weighted by atomic mass is 16.1. The Morgan fingerprint density at radius 2 is 1.92 bits per heavy atom. The van der Waals surface area contributed by atoms with Crippen molar-refractivity contribution in [3.05, 3.63) is 0 Å². The maximum atomic E-state index is 12.0. The van der Waals surface area contributed by atoms with Gasteiger partial charge in [-0.1, -0.05) is 12.8 Å². The Morgan fingerprint density at radius 3 is 2.38 bits per heavy atom. The summed E-state index contributed by atoms with van der Waals surface area (Å²) in [5.74, 6) is 1.19. The summed E-state index contributed by atoms with van der Waals surface area (Å²) in [4.78, 5) is 12.0. The van der Waals surface area contributed by atoms with Crippen LogP contribution in [0.4, 0.5) is 0 Å². The molecule has 2 rings (SSSR count). The first-order valence-corrected chi connectivity index (χ1v) is 5.50. The van der Waals surface area contributed by atoms with Gasteiger partial charge in [0.2, 0.25) is 0 Å². The SMILES string of the molecule is NCC1(C(=O)CC2CC2)CCCC1. The van der Waals surface area contributed by atoms with Gasteiger partial charge in [-0.25, -0.2) is 0 Å². The van der Waals surface area contributed by atoms with Crippen LogP contribution < -0.4 is 5.73 Å². The molecule has 0 radical (unpaired) electrons. The molecular formula is C11H19NO. The zero-order valence-electron chi connectivity index (χ0n) is 8.22. The smallest absolute Gasteiger partial charge is 0.140 e. The molecule has 0 heterocycles. The van der Waals surface area contributed by atoms with Crippen LogP contribution in [0.5, 0.6) is 0 Å². The lowest BCUT2D eigenvalue weighted by Crippen LogP contribution is -2.36. The van der Waals surface area contributed by atoms with Gasteiger partial charge in [0.05, 0.1) is 0 Å². The van der Waals surface area contributed by atoms with Crippen molar-refractivity contribution < 1.29 is 4.79 Å². The highest BCUT2D eigenvalue weighted by molar-refractivity contribution is 5.85. The van der Waals surface area contributed by atoms with Crippen LogP contribution in [0.15, 0.2) is 0 Å².